The highest BCUT2D eigenvalue weighted by Gasteiger charge is 2.39. The Balaban J connectivity index is 1.93. The van der Waals surface area contributed by atoms with Crippen LogP contribution in [-0.4, -0.2) is 24.1 Å². The number of H-pyrrole nitrogens is 1. The number of para-hydroxylation sites is 1. The standard InChI is InChI=1S/C13H17N3/c1-16(9-13(14)6-7-13)12-8-15-11-5-3-2-4-10(11)12/h2-5,8,15H,6-7,9,14H2,1H3. The summed E-state index contributed by atoms with van der Waals surface area (Å²) in [7, 11) is 2.11. The Morgan fingerprint density at radius 2 is 2.12 bits per heavy atom. The molecule has 1 aromatic heterocycles. The smallest absolute Gasteiger partial charge is 0.0621 e. The lowest BCUT2D eigenvalue weighted by Gasteiger charge is -2.22. The van der Waals surface area contributed by atoms with Crippen molar-refractivity contribution in [1.82, 2.24) is 4.98 Å². The molecule has 1 fully saturated rings. The van der Waals surface area contributed by atoms with Gasteiger partial charge in [-0.15, -0.1) is 0 Å². The van der Waals surface area contributed by atoms with E-state index in [0.717, 1.165) is 19.4 Å². The van der Waals surface area contributed by atoms with Gasteiger partial charge < -0.3 is 15.6 Å². The van der Waals surface area contributed by atoms with E-state index in [1.54, 1.807) is 0 Å². The minimum atomic E-state index is 0.0626. The lowest BCUT2D eigenvalue weighted by molar-refractivity contribution is 0.661. The zero-order valence-corrected chi connectivity index (χ0v) is 9.53. The molecule has 3 heteroatoms. The third-order valence-corrected chi connectivity index (χ3v) is 3.42. The second-order valence-corrected chi connectivity index (χ2v) is 4.94. The normalized spacial score (nSPS) is 17.6. The van der Waals surface area contributed by atoms with Gasteiger partial charge >= 0.3 is 0 Å². The van der Waals surface area contributed by atoms with Gasteiger partial charge in [-0.2, -0.15) is 0 Å². The van der Waals surface area contributed by atoms with Crippen LogP contribution in [0.25, 0.3) is 10.9 Å². The van der Waals surface area contributed by atoms with Crippen LogP contribution in [0.2, 0.25) is 0 Å². The first-order valence-electron chi connectivity index (χ1n) is 5.74. The SMILES string of the molecule is CN(CC1(N)CC1)c1c[nH]c2ccccc12. The quantitative estimate of drug-likeness (QED) is 0.823. The zero-order chi connectivity index (χ0) is 11.2. The molecule has 0 atom stereocenters. The molecule has 0 aliphatic heterocycles. The van der Waals surface area contributed by atoms with Crippen LogP contribution in [0.1, 0.15) is 12.8 Å². The summed E-state index contributed by atoms with van der Waals surface area (Å²) in [6, 6.07) is 8.37. The molecule has 0 saturated heterocycles. The van der Waals surface area contributed by atoms with E-state index >= 15 is 0 Å². The van der Waals surface area contributed by atoms with E-state index < -0.39 is 0 Å². The Morgan fingerprint density at radius 1 is 1.38 bits per heavy atom. The number of rotatable bonds is 3. The van der Waals surface area contributed by atoms with Crippen molar-refractivity contribution in [3.05, 3.63) is 30.5 Å². The van der Waals surface area contributed by atoms with Gasteiger partial charge in [-0.3, -0.25) is 0 Å². The molecule has 84 valence electrons. The predicted molar refractivity (Wildman–Crippen MR) is 67.7 cm³/mol. The van der Waals surface area contributed by atoms with Crippen LogP contribution in [-0.2, 0) is 0 Å². The van der Waals surface area contributed by atoms with Crippen molar-refractivity contribution in [2.24, 2.45) is 5.73 Å². The van der Waals surface area contributed by atoms with Crippen LogP contribution in [0.15, 0.2) is 30.5 Å². The Kier molecular flexibility index (Phi) is 1.98. The number of hydrogen-bond acceptors (Lipinski definition) is 2. The molecule has 0 radical (unpaired) electrons. The summed E-state index contributed by atoms with van der Waals surface area (Å²) in [5.74, 6) is 0. The van der Waals surface area contributed by atoms with Crippen molar-refractivity contribution < 1.29 is 0 Å². The molecule has 1 saturated carbocycles. The van der Waals surface area contributed by atoms with Gasteiger partial charge in [0.05, 0.1) is 5.69 Å². The summed E-state index contributed by atoms with van der Waals surface area (Å²) >= 11 is 0. The molecule has 0 amide bonds. The summed E-state index contributed by atoms with van der Waals surface area (Å²) in [5.41, 5.74) is 8.64. The fourth-order valence-electron chi connectivity index (χ4n) is 2.25. The minimum Gasteiger partial charge on any atom is -0.371 e. The minimum absolute atomic E-state index is 0.0626. The number of aromatic nitrogens is 1. The van der Waals surface area contributed by atoms with Gasteiger partial charge in [0.25, 0.3) is 0 Å². The Labute approximate surface area is 95.2 Å². The topological polar surface area (TPSA) is 45.0 Å². The molecule has 0 bridgehead atoms. The second kappa shape index (κ2) is 3.25. The maximum absolute atomic E-state index is 6.15. The van der Waals surface area contributed by atoms with Crippen molar-refractivity contribution >= 4 is 16.6 Å². The first kappa shape index (κ1) is 9.73. The van der Waals surface area contributed by atoms with Crippen LogP contribution >= 0.6 is 0 Å². The monoisotopic (exact) mass is 215 g/mol. The molecule has 2 aromatic rings. The molecule has 0 spiro atoms. The predicted octanol–water partition coefficient (Wildman–Crippen LogP) is 2.10. The van der Waals surface area contributed by atoms with Crippen LogP contribution in [0.3, 0.4) is 0 Å². The number of anilines is 1. The van der Waals surface area contributed by atoms with Gasteiger partial charge in [-0.25, -0.2) is 0 Å². The fourth-order valence-corrected chi connectivity index (χ4v) is 2.25. The van der Waals surface area contributed by atoms with Gasteiger partial charge in [-0.1, -0.05) is 18.2 Å². The number of fused-ring (bicyclic) bond motifs is 1. The van der Waals surface area contributed by atoms with Crippen molar-refractivity contribution in [2.45, 2.75) is 18.4 Å². The number of nitrogens with zero attached hydrogens (tertiary/aromatic N) is 1. The summed E-state index contributed by atoms with van der Waals surface area (Å²) in [6.07, 6.45) is 4.37. The van der Waals surface area contributed by atoms with Crippen molar-refractivity contribution in [1.29, 1.82) is 0 Å². The number of nitrogens with one attached hydrogen (secondary N) is 1. The van der Waals surface area contributed by atoms with Gasteiger partial charge in [0.2, 0.25) is 0 Å². The first-order chi connectivity index (χ1) is 7.68. The Hall–Kier alpha value is -1.48. The summed E-state index contributed by atoms with van der Waals surface area (Å²) in [4.78, 5) is 5.55. The fraction of sp³-hybridized carbons (Fsp3) is 0.385. The van der Waals surface area contributed by atoms with E-state index in [4.69, 9.17) is 5.73 Å². The Bertz CT molecular complexity index is 511. The van der Waals surface area contributed by atoms with Crippen LogP contribution in [0.5, 0.6) is 0 Å². The summed E-state index contributed by atoms with van der Waals surface area (Å²) in [6.45, 7) is 0.939. The number of nitrogens with two attached hydrogens (primary N) is 1. The average molecular weight is 215 g/mol. The average Bonchev–Trinajstić information content (AvgIpc) is 2.84. The highest BCUT2D eigenvalue weighted by molar-refractivity contribution is 5.92. The highest BCUT2D eigenvalue weighted by atomic mass is 15.1. The third-order valence-electron chi connectivity index (χ3n) is 3.42. The maximum Gasteiger partial charge on any atom is 0.0621 e. The summed E-state index contributed by atoms with van der Waals surface area (Å²) in [5, 5.41) is 1.27. The largest absolute Gasteiger partial charge is 0.371 e. The molecule has 0 unspecified atom stereocenters. The lowest BCUT2D eigenvalue weighted by atomic mass is 10.2. The second-order valence-electron chi connectivity index (χ2n) is 4.94. The van der Waals surface area contributed by atoms with E-state index in [-0.39, 0.29) is 5.54 Å². The van der Waals surface area contributed by atoms with E-state index in [0.29, 0.717) is 0 Å². The molecule has 3 N–H and O–H groups in total. The van der Waals surface area contributed by atoms with Gasteiger partial charge in [0.15, 0.2) is 0 Å². The van der Waals surface area contributed by atoms with Crippen molar-refractivity contribution in [3.8, 4) is 0 Å². The number of benzene rings is 1. The highest BCUT2D eigenvalue weighted by Crippen LogP contribution is 2.35. The molecule has 16 heavy (non-hydrogen) atoms. The summed E-state index contributed by atoms with van der Waals surface area (Å²) < 4.78 is 0. The first-order valence-corrected chi connectivity index (χ1v) is 5.74. The number of aromatic amines is 1. The van der Waals surface area contributed by atoms with E-state index in [1.165, 1.54) is 16.6 Å². The molecular weight excluding hydrogens is 198 g/mol. The molecular formula is C13H17N3. The maximum atomic E-state index is 6.15. The molecule has 1 heterocycles. The van der Waals surface area contributed by atoms with Crippen LogP contribution < -0.4 is 10.6 Å². The van der Waals surface area contributed by atoms with Crippen molar-refractivity contribution in [3.63, 3.8) is 0 Å². The van der Waals surface area contributed by atoms with E-state index in [2.05, 4.69) is 41.3 Å². The van der Waals surface area contributed by atoms with Crippen LogP contribution in [0, 0.1) is 0 Å². The number of likely N-dealkylation sites (N-methyl/N-ethyl adjacent to an activating group) is 1. The molecule has 1 aliphatic carbocycles. The zero-order valence-electron chi connectivity index (χ0n) is 9.53. The van der Waals surface area contributed by atoms with Gasteiger partial charge in [-0.05, 0) is 18.9 Å². The van der Waals surface area contributed by atoms with Crippen molar-refractivity contribution in [2.75, 3.05) is 18.5 Å². The molecule has 1 aliphatic rings. The molecule has 3 nitrogen and oxygen atoms in total. The Morgan fingerprint density at radius 3 is 2.88 bits per heavy atom. The van der Waals surface area contributed by atoms with Crippen LogP contribution in [0.4, 0.5) is 5.69 Å². The van der Waals surface area contributed by atoms with E-state index in [9.17, 15) is 0 Å². The van der Waals surface area contributed by atoms with Gasteiger partial charge in [0, 0.05) is 36.2 Å². The number of hydrogen-bond donors (Lipinski definition) is 2. The lowest BCUT2D eigenvalue weighted by Crippen LogP contribution is -2.37. The third kappa shape index (κ3) is 1.57. The molecule has 1 aromatic carbocycles. The van der Waals surface area contributed by atoms with Gasteiger partial charge in [0.1, 0.15) is 0 Å². The van der Waals surface area contributed by atoms with E-state index in [1.807, 2.05) is 6.07 Å². The molecule has 3 rings (SSSR count).